The van der Waals surface area contributed by atoms with E-state index in [1.165, 1.54) is 0 Å². The second-order valence-electron chi connectivity index (χ2n) is 3.99. The number of nitrogens with zero attached hydrogens (tertiary/aromatic N) is 1. The van der Waals surface area contributed by atoms with Crippen LogP contribution in [0, 0.1) is 0 Å². The largest absolute Gasteiger partial charge is 0.428 e. The number of hydrogen-bond donors (Lipinski definition) is 0. The fraction of sp³-hybridized carbons (Fsp3) is 0.385. The van der Waals surface area contributed by atoms with Crippen molar-refractivity contribution in [1.82, 2.24) is 4.90 Å². The third-order valence-corrected chi connectivity index (χ3v) is 2.18. The van der Waals surface area contributed by atoms with Crippen LogP contribution >= 0.6 is 0 Å². The predicted octanol–water partition coefficient (Wildman–Crippen LogP) is 1.30. The lowest BCUT2D eigenvalue weighted by atomic mass is 10.2. The highest BCUT2D eigenvalue weighted by molar-refractivity contribution is 5.89. The van der Waals surface area contributed by atoms with Crippen molar-refractivity contribution in [2.45, 2.75) is 6.42 Å². The number of hydrogen-bond acceptors (Lipinski definition) is 5. The van der Waals surface area contributed by atoms with Crippen molar-refractivity contribution in [3.8, 4) is 0 Å². The first kappa shape index (κ1) is 14.2. The molecule has 0 N–H and O–H groups in total. The molecule has 0 aliphatic carbocycles. The first-order valence-electron chi connectivity index (χ1n) is 5.62. The van der Waals surface area contributed by atoms with E-state index in [9.17, 15) is 9.59 Å². The Bertz CT molecular complexity index is 389. The molecule has 0 spiro atoms. The minimum absolute atomic E-state index is 0.274. The standard InChI is InChI=1S/C13H17NO4/c1-14(2)9-8-12(15)17-10-18-13(16)11-6-4-3-5-7-11/h3-7H,8-10H2,1-2H3. The minimum atomic E-state index is -0.504. The zero-order valence-corrected chi connectivity index (χ0v) is 10.6. The molecule has 98 valence electrons. The summed E-state index contributed by atoms with van der Waals surface area (Å²) in [5.74, 6) is -0.888. The Morgan fingerprint density at radius 3 is 2.39 bits per heavy atom. The Morgan fingerprint density at radius 2 is 1.78 bits per heavy atom. The van der Waals surface area contributed by atoms with E-state index in [0.717, 1.165) is 0 Å². The Balaban J connectivity index is 2.22. The maximum absolute atomic E-state index is 11.5. The average Bonchev–Trinajstić information content (AvgIpc) is 2.37. The summed E-state index contributed by atoms with van der Waals surface area (Å²) in [7, 11) is 3.73. The monoisotopic (exact) mass is 251 g/mol. The van der Waals surface area contributed by atoms with E-state index in [1.54, 1.807) is 30.3 Å². The zero-order chi connectivity index (χ0) is 13.4. The Kier molecular flexibility index (Phi) is 5.87. The summed E-state index contributed by atoms with van der Waals surface area (Å²) in [6.07, 6.45) is 0.274. The van der Waals surface area contributed by atoms with Crippen LogP contribution in [-0.4, -0.2) is 44.3 Å². The SMILES string of the molecule is CN(C)CCC(=O)OCOC(=O)c1ccccc1. The van der Waals surface area contributed by atoms with Crippen LogP contribution in [0.5, 0.6) is 0 Å². The second-order valence-corrected chi connectivity index (χ2v) is 3.99. The van der Waals surface area contributed by atoms with Crippen LogP contribution in [0.4, 0.5) is 0 Å². The smallest absolute Gasteiger partial charge is 0.340 e. The summed E-state index contributed by atoms with van der Waals surface area (Å²) >= 11 is 0. The lowest BCUT2D eigenvalue weighted by Gasteiger charge is -2.09. The quantitative estimate of drug-likeness (QED) is 0.563. The summed E-state index contributed by atoms with van der Waals surface area (Å²) in [6, 6.07) is 8.55. The van der Waals surface area contributed by atoms with E-state index in [4.69, 9.17) is 9.47 Å². The fourth-order valence-electron chi connectivity index (χ4n) is 1.19. The van der Waals surface area contributed by atoms with Crippen LogP contribution in [0.2, 0.25) is 0 Å². The molecule has 1 aromatic carbocycles. The maximum Gasteiger partial charge on any atom is 0.340 e. The predicted molar refractivity (Wildman–Crippen MR) is 66.0 cm³/mol. The lowest BCUT2D eigenvalue weighted by Crippen LogP contribution is -2.19. The highest BCUT2D eigenvalue weighted by atomic mass is 16.7. The molecule has 0 aromatic heterocycles. The molecule has 5 nitrogen and oxygen atoms in total. The highest BCUT2D eigenvalue weighted by Gasteiger charge is 2.08. The topological polar surface area (TPSA) is 55.8 Å². The Morgan fingerprint density at radius 1 is 1.11 bits per heavy atom. The zero-order valence-electron chi connectivity index (χ0n) is 10.6. The van der Waals surface area contributed by atoms with Crippen molar-refractivity contribution >= 4 is 11.9 Å². The minimum Gasteiger partial charge on any atom is -0.428 e. The summed E-state index contributed by atoms with van der Waals surface area (Å²) in [5, 5.41) is 0. The van der Waals surface area contributed by atoms with Crippen LogP contribution in [0.3, 0.4) is 0 Å². The maximum atomic E-state index is 11.5. The third-order valence-electron chi connectivity index (χ3n) is 2.18. The van der Waals surface area contributed by atoms with E-state index in [-0.39, 0.29) is 19.2 Å². The van der Waals surface area contributed by atoms with Crippen molar-refractivity contribution in [2.24, 2.45) is 0 Å². The molecule has 0 atom stereocenters. The van der Waals surface area contributed by atoms with Gasteiger partial charge in [0.15, 0.2) is 0 Å². The van der Waals surface area contributed by atoms with Gasteiger partial charge in [0.2, 0.25) is 6.79 Å². The molecular weight excluding hydrogens is 234 g/mol. The van der Waals surface area contributed by atoms with Crippen molar-refractivity contribution < 1.29 is 19.1 Å². The van der Waals surface area contributed by atoms with Gasteiger partial charge in [-0.05, 0) is 26.2 Å². The molecule has 0 aliphatic rings. The van der Waals surface area contributed by atoms with Gasteiger partial charge in [0.25, 0.3) is 0 Å². The molecule has 0 aliphatic heterocycles. The van der Waals surface area contributed by atoms with Gasteiger partial charge in [0.1, 0.15) is 0 Å². The second kappa shape index (κ2) is 7.45. The van der Waals surface area contributed by atoms with Gasteiger partial charge in [-0.2, -0.15) is 0 Å². The molecule has 18 heavy (non-hydrogen) atoms. The molecule has 0 saturated heterocycles. The van der Waals surface area contributed by atoms with Gasteiger partial charge in [-0.25, -0.2) is 4.79 Å². The van der Waals surface area contributed by atoms with Gasteiger partial charge in [-0.1, -0.05) is 18.2 Å². The summed E-state index contributed by atoms with van der Waals surface area (Å²) < 4.78 is 9.59. The van der Waals surface area contributed by atoms with Crippen molar-refractivity contribution in [2.75, 3.05) is 27.4 Å². The van der Waals surface area contributed by atoms with Gasteiger partial charge in [0, 0.05) is 6.54 Å². The molecule has 0 amide bonds. The number of ether oxygens (including phenoxy) is 2. The molecule has 1 rings (SSSR count). The summed E-state index contributed by atoms with van der Waals surface area (Å²) in [4.78, 5) is 24.6. The van der Waals surface area contributed by atoms with Crippen LogP contribution in [0.15, 0.2) is 30.3 Å². The van der Waals surface area contributed by atoms with Crippen LogP contribution in [0.25, 0.3) is 0 Å². The molecule has 0 unspecified atom stereocenters. The van der Waals surface area contributed by atoms with Gasteiger partial charge >= 0.3 is 11.9 Å². The molecular formula is C13H17NO4. The van der Waals surface area contributed by atoms with Gasteiger partial charge < -0.3 is 14.4 Å². The number of rotatable bonds is 6. The Labute approximate surface area is 106 Å². The summed E-state index contributed by atoms with van der Waals surface area (Å²) in [5.41, 5.74) is 0.432. The van der Waals surface area contributed by atoms with Crippen molar-refractivity contribution in [1.29, 1.82) is 0 Å². The molecule has 5 heteroatoms. The van der Waals surface area contributed by atoms with Gasteiger partial charge in [0.05, 0.1) is 12.0 Å². The van der Waals surface area contributed by atoms with E-state index in [1.807, 2.05) is 19.0 Å². The molecule has 0 heterocycles. The molecule has 1 aromatic rings. The fourth-order valence-corrected chi connectivity index (χ4v) is 1.19. The van der Waals surface area contributed by atoms with Crippen molar-refractivity contribution in [3.05, 3.63) is 35.9 Å². The number of benzene rings is 1. The van der Waals surface area contributed by atoms with Crippen molar-refractivity contribution in [3.63, 3.8) is 0 Å². The van der Waals surface area contributed by atoms with E-state index < -0.39 is 5.97 Å². The van der Waals surface area contributed by atoms with E-state index in [0.29, 0.717) is 12.1 Å². The highest BCUT2D eigenvalue weighted by Crippen LogP contribution is 2.01. The summed E-state index contributed by atoms with van der Waals surface area (Å²) in [6.45, 7) is 0.255. The van der Waals surface area contributed by atoms with E-state index in [2.05, 4.69) is 0 Å². The molecule has 0 radical (unpaired) electrons. The number of carbonyl (C=O) groups is 2. The van der Waals surface area contributed by atoms with Gasteiger partial charge in [-0.3, -0.25) is 4.79 Å². The average molecular weight is 251 g/mol. The van der Waals surface area contributed by atoms with E-state index >= 15 is 0 Å². The lowest BCUT2D eigenvalue weighted by molar-refractivity contribution is -0.152. The normalized spacial score (nSPS) is 10.2. The molecule has 0 bridgehead atoms. The first-order valence-corrected chi connectivity index (χ1v) is 5.62. The van der Waals surface area contributed by atoms with Crippen LogP contribution in [0.1, 0.15) is 16.8 Å². The first-order chi connectivity index (χ1) is 8.59. The third kappa shape index (κ3) is 5.45. The van der Waals surface area contributed by atoms with Crippen LogP contribution < -0.4 is 0 Å². The molecule has 0 saturated carbocycles. The molecule has 0 fully saturated rings. The number of esters is 2. The number of carbonyl (C=O) groups excluding carboxylic acids is 2. The van der Waals surface area contributed by atoms with Crippen LogP contribution in [-0.2, 0) is 14.3 Å². The van der Waals surface area contributed by atoms with Gasteiger partial charge in [-0.15, -0.1) is 0 Å². The Hall–Kier alpha value is -1.88.